The number of rotatable bonds is 6. The number of carbonyl (C=O) groups is 2. The lowest BCUT2D eigenvalue weighted by molar-refractivity contribution is -0.139. The van der Waals surface area contributed by atoms with Gasteiger partial charge in [-0.15, -0.1) is 11.3 Å². The monoisotopic (exact) mass is 411 g/mol. The highest BCUT2D eigenvalue weighted by Gasteiger charge is 2.20. The number of nitrogen functional groups attached to an aromatic ring is 1. The van der Waals surface area contributed by atoms with Crippen LogP contribution in [-0.4, -0.2) is 28.5 Å². The van der Waals surface area contributed by atoms with Gasteiger partial charge >= 0.3 is 11.9 Å². The molecule has 2 heterocycles. The predicted octanol–water partition coefficient (Wildman–Crippen LogP) is 3.82. The van der Waals surface area contributed by atoms with Crippen LogP contribution < -0.4 is 5.73 Å². The van der Waals surface area contributed by atoms with Crippen molar-refractivity contribution in [3.05, 3.63) is 57.7 Å². The highest BCUT2D eigenvalue weighted by molar-refractivity contribution is 7.20. The minimum Gasteiger partial charge on any atom is -0.462 e. The van der Waals surface area contributed by atoms with Crippen molar-refractivity contribution in [1.82, 2.24) is 9.97 Å². The molecular formula is C21H21N3O4S. The summed E-state index contributed by atoms with van der Waals surface area (Å²) in [4.78, 5) is 33.6. The number of ether oxygens (including phenoxy) is 2. The van der Waals surface area contributed by atoms with Crippen molar-refractivity contribution in [3.63, 3.8) is 0 Å². The fourth-order valence-corrected chi connectivity index (χ4v) is 3.80. The second-order valence-electron chi connectivity index (χ2n) is 6.33. The zero-order valence-corrected chi connectivity index (χ0v) is 17.2. The number of anilines is 1. The Balaban J connectivity index is 1.72. The fraction of sp³-hybridized carbons (Fsp3) is 0.238. The predicted molar refractivity (Wildman–Crippen MR) is 113 cm³/mol. The Labute approximate surface area is 172 Å². The van der Waals surface area contributed by atoms with Crippen LogP contribution in [0.25, 0.3) is 16.3 Å². The van der Waals surface area contributed by atoms with Gasteiger partial charge in [0.05, 0.1) is 12.0 Å². The molecule has 0 radical (unpaired) electrons. The summed E-state index contributed by atoms with van der Waals surface area (Å²) in [7, 11) is 0. The molecule has 150 valence electrons. The maximum Gasteiger partial charge on any atom is 0.348 e. The third kappa shape index (κ3) is 4.78. The number of aromatic nitrogens is 2. The molecule has 1 aromatic carbocycles. The van der Waals surface area contributed by atoms with Gasteiger partial charge in [0.2, 0.25) is 0 Å². The Hall–Kier alpha value is -3.26. The van der Waals surface area contributed by atoms with Gasteiger partial charge in [0.15, 0.2) is 12.4 Å². The summed E-state index contributed by atoms with van der Waals surface area (Å²) in [6.45, 7) is 5.68. The third-order valence-corrected chi connectivity index (χ3v) is 5.32. The van der Waals surface area contributed by atoms with Crippen molar-refractivity contribution in [2.24, 2.45) is 0 Å². The van der Waals surface area contributed by atoms with E-state index in [1.165, 1.54) is 17.4 Å². The Kier molecular flexibility index (Phi) is 6.23. The van der Waals surface area contributed by atoms with E-state index in [0.29, 0.717) is 20.7 Å². The van der Waals surface area contributed by atoms with Crippen LogP contribution in [0.5, 0.6) is 0 Å². The lowest BCUT2D eigenvalue weighted by Crippen LogP contribution is -2.06. The van der Waals surface area contributed by atoms with E-state index in [2.05, 4.69) is 9.97 Å². The second kappa shape index (κ2) is 8.83. The molecule has 3 rings (SSSR count). The largest absolute Gasteiger partial charge is 0.462 e. The van der Waals surface area contributed by atoms with Crippen molar-refractivity contribution < 1.29 is 19.1 Å². The molecule has 0 aliphatic rings. The van der Waals surface area contributed by atoms with Crippen molar-refractivity contribution in [1.29, 1.82) is 0 Å². The number of aryl methyl sites for hydroxylation is 2. The van der Waals surface area contributed by atoms with Crippen LogP contribution in [-0.2, 0) is 20.9 Å². The summed E-state index contributed by atoms with van der Waals surface area (Å²) in [6, 6.07) is 7.75. The topological polar surface area (TPSA) is 104 Å². The molecule has 2 aromatic heterocycles. The normalized spacial score (nSPS) is 11.1. The standard InChI is InChI=1S/C21H21N3O4S/c1-4-27-21(26)18-13(3)17-19(22)23-15(24-20(17)29-18)11-28-16(25)10-9-14-7-5-12(2)6-8-14/h5-10H,4,11H2,1-3H3,(H2,22,23,24)/b10-9+. The molecule has 0 saturated carbocycles. The van der Waals surface area contributed by atoms with Gasteiger partial charge in [-0.25, -0.2) is 19.6 Å². The Bertz CT molecular complexity index is 1090. The summed E-state index contributed by atoms with van der Waals surface area (Å²) >= 11 is 1.18. The van der Waals surface area contributed by atoms with Crippen LogP contribution in [0.15, 0.2) is 30.3 Å². The second-order valence-corrected chi connectivity index (χ2v) is 7.33. The molecule has 0 saturated heterocycles. The van der Waals surface area contributed by atoms with E-state index in [0.717, 1.165) is 11.1 Å². The van der Waals surface area contributed by atoms with Crippen LogP contribution in [0.2, 0.25) is 0 Å². The van der Waals surface area contributed by atoms with Gasteiger partial charge in [-0.05, 0) is 38.0 Å². The zero-order chi connectivity index (χ0) is 21.0. The molecule has 8 heteroatoms. The molecule has 3 aromatic rings. The van der Waals surface area contributed by atoms with Crippen molar-refractivity contribution in [2.75, 3.05) is 12.3 Å². The van der Waals surface area contributed by atoms with Crippen molar-refractivity contribution >= 4 is 45.4 Å². The number of nitrogens with zero attached hydrogens (tertiary/aromatic N) is 2. The average Bonchev–Trinajstić information content (AvgIpc) is 3.03. The zero-order valence-electron chi connectivity index (χ0n) is 16.4. The fourth-order valence-electron chi connectivity index (χ4n) is 2.70. The maximum atomic E-state index is 12.1. The van der Waals surface area contributed by atoms with Gasteiger partial charge in [0, 0.05) is 6.08 Å². The quantitative estimate of drug-likeness (QED) is 0.485. The van der Waals surface area contributed by atoms with Crippen LogP contribution in [0.3, 0.4) is 0 Å². The number of hydrogen-bond acceptors (Lipinski definition) is 8. The van der Waals surface area contributed by atoms with Gasteiger partial charge in [-0.1, -0.05) is 29.8 Å². The van der Waals surface area contributed by atoms with Crippen LogP contribution in [0, 0.1) is 13.8 Å². The first kappa shape index (κ1) is 20.5. The molecule has 0 atom stereocenters. The average molecular weight is 411 g/mol. The Morgan fingerprint density at radius 1 is 1.14 bits per heavy atom. The van der Waals surface area contributed by atoms with Gasteiger partial charge in [-0.2, -0.15) is 0 Å². The van der Waals surface area contributed by atoms with E-state index in [-0.39, 0.29) is 24.9 Å². The minimum atomic E-state index is -0.512. The van der Waals surface area contributed by atoms with Crippen LogP contribution >= 0.6 is 11.3 Å². The van der Waals surface area contributed by atoms with Crippen LogP contribution in [0.1, 0.15) is 39.1 Å². The molecule has 0 aliphatic heterocycles. The first-order valence-corrected chi connectivity index (χ1v) is 9.84. The van der Waals surface area contributed by atoms with E-state index in [4.69, 9.17) is 15.2 Å². The minimum absolute atomic E-state index is 0.122. The first-order valence-electron chi connectivity index (χ1n) is 9.03. The Morgan fingerprint density at radius 3 is 2.55 bits per heavy atom. The molecule has 0 fully saturated rings. The number of nitrogens with two attached hydrogens (primary N) is 1. The van der Waals surface area contributed by atoms with Gasteiger partial charge in [0.25, 0.3) is 0 Å². The SMILES string of the molecule is CCOC(=O)c1sc2nc(COC(=O)/C=C/c3ccc(C)cc3)nc(N)c2c1C. The van der Waals surface area contributed by atoms with Crippen molar-refractivity contribution in [3.8, 4) is 0 Å². The molecule has 29 heavy (non-hydrogen) atoms. The summed E-state index contributed by atoms with van der Waals surface area (Å²) in [5, 5.41) is 0.618. The lowest BCUT2D eigenvalue weighted by atomic mass is 10.1. The lowest BCUT2D eigenvalue weighted by Gasteiger charge is -2.04. The molecule has 0 amide bonds. The van der Waals surface area contributed by atoms with E-state index in [9.17, 15) is 9.59 Å². The molecule has 7 nitrogen and oxygen atoms in total. The van der Waals surface area contributed by atoms with E-state index in [1.807, 2.05) is 31.2 Å². The summed E-state index contributed by atoms with van der Waals surface area (Å²) < 4.78 is 10.3. The van der Waals surface area contributed by atoms with Gasteiger partial charge in [0.1, 0.15) is 15.5 Å². The number of thiophene rings is 1. The third-order valence-electron chi connectivity index (χ3n) is 4.16. The summed E-state index contributed by atoms with van der Waals surface area (Å²) in [5.74, 6) is -0.423. The highest BCUT2D eigenvalue weighted by atomic mass is 32.1. The first-order chi connectivity index (χ1) is 13.9. The van der Waals surface area contributed by atoms with Crippen LogP contribution in [0.4, 0.5) is 5.82 Å². The Morgan fingerprint density at radius 2 is 1.86 bits per heavy atom. The molecule has 0 spiro atoms. The summed E-state index contributed by atoms with van der Waals surface area (Å²) in [6.07, 6.45) is 3.02. The number of esters is 2. The molecule has 0 bridgehead atoms. The highest BCUT2D eigenvalue weighted by Crippen LogP contribution is 2.33. The van der Waals surface area contributed by atoms with Gasteiger partial charge in [-0.3, -0.25) is 0 Å². The molecule has 0 unspecified atom stereocenters. The number of fused-ring (bicyclic) bond motifs is 1. The number of carbonyl (C=O) groups excluding carboxylic acids is 2. The molecule has 0 aliphatic carbocycles. The van der Waals surface area contributed by atoms with Crippen molar-refractivity contribution in [2.45, 2.75) is 27.4 Å². The number of hydrogen-bond donors (Lipinski definition) is 1. The smallest absolute Gasteiger partial charge is 0.348 e. The van der Waals surface area contributed by atoms with E-state index in [1.54, 1.807) is 19.9 Å². The van der Waals surface area contributed by atoms with E-state index >= 15 is 0 Å². The maximum absolute atomic E-state index is 12.1. The number of benzene rings is 1. The molecule has 2 N–H and O–H groups in total. The molecular weight excluding hydrogens is 390 g/mol. The van der Waals surface area contributed by atoms with Gasteiger partial charge < -0.3 is 15.2 Å². The summed E-state index contributed by atoms with van der Waals surface area (Å²) in [5.41, 5.74) is 8.77. The van der Waals surface area contributed by atoms with E-state index < -0.39 is 11.9 Å².